The number of aliphatic imine (C=N–C) groups is 1. The number of carbonyl (C=O) groups is 2. The molecule has 7 nitrogen and oxygen atoms in total. The predicted octanol–water partition coefficient (Wildman–Crippen LogP) is 1.61. The fourth-order valence-corrected chi connectivity index (χ4v) is 5.56. The van der Waals surface area contributed by atoms with Crippen molar-refractivity contribution in [2.24, 2.45) is 28.7 Å². The fraction of sp³-hybridized carbons (Fsp3) is 0.619. The third kappa shape index (κ3) is 3.95. The van der Waals surface area contributed by atoms with Crippen LogP contribution in [0, 0.1) is 23.7 Å². The second-order valence-corrected chi connectivity index (χ2v) is 8.89. The molecule has 4 unspecified atom stereocenters. The maximum absolute atomic E-state index is 12.7. The van der Waals surface area contributed by atoms with Crippen LogP contribution in [-0.2, 0) is 22.4 Å². The molecule has 2 N–H and O–H groups in total. The first-order chi connectivity index (χ1) is 14.1. The van der Waals surface area contributed by atoms with Crippen molar-refractivity contribution in [2.75, 3.05) is 26.7 Å². The molecular weight excluding hydrogens is 386 g/mol. The van der Waals surface area contributed by atoms with Crippen LogP contribution >= 0.6 is 11.3 Å². The zero-order chi connectivity index (χ0) is 20.4. The summed E-state index contributed by atoms with van der Waals surface area (Å²) in [7, 11) is 1.74. The van der Waals surface area contributed by atoms with E-state index in [1.54, 1.807) is 18.4 Å². The first-order valence-corrected chi connectivity index (χ1v) is 11.4. The topological polar surface area (TPSA) is 86.7 Å². The van der Waals surface area contributed by atoms with E-state index in [0.717, 1.165) is 37.5 Å². The van der Waals surface area contributed by atoms with Crippen LogP contribution in [0.3, 0.4) is 0 Å². The molecule has 156 valence electrons. The molecule has 1 saturated heterocycles. The number of nitrogens with zero attached hydrogens (tertiary/aromatic N) is 3. The van der Waals surface area contributed by atoms with E-state index in [2.05, 4.69) is 45.1 Å². The van der Waals surface area contributed by atoms with Gasteiger partial charge in [-0.1, -0.05) is 19.1 Å². The number of carbonyl (C=O) groups excluding carboxylic acids is 2. The Morgan fingerprint density at radius 3 is 2.52 bits per heavy atom. The van der Waals surface area contributed by atoms with E-state index in [4.69, 9.17) is 0 Å². The summed E-state index contributed by atoms with van der Waals surface area (Å²) in [4.78, 5) is 35.7. The largest absolute Gasteiger partial charge is 0.356 e. The standard InChI is InChI=1S/C21H29N5O2S/c1-3-16-25-15(12-29-16)7-9-24-21(22-2)23-8-4-10-26-19(27)17-13-5-6-14(11-13)18(17)20(26)28/h5-6,12-14,17-18H,3-4,7-11H2,1-2H3,(H2,22,23,24). The highest BCUT2D eigenvalue weighted by molar-refractivity contribution is 7.09. The molecule has 1 saturated carbocycles. The first-order valence-electron chi connectivity index (χ1n) is 10.5. The van der Waals surface area contributed by atoms with Gasteiger partial charge in [0.1, 0.15) is 0 Å². The number of likely N-dealkylation sites (tertiary alicyclic amines) is 1. The molecule has 0 aromatic carbocycles. The quantitative estimate of drug-likeness (QED) is 0.221. The summed E-state index contributed by atoms with van der Waals surface area (Å²) >= 11 is 1.71. The van der Waals surface area contributed by atoms with Gasteiger partial charge in [-0.3, -0.25) is 19.5 Å². The summed E-state index contributed by atoms with van der Waals surface area (Å²) in [6, 6.07) is 0. The number of thiazole rings is 1. The van der Waals surface area contributed by atoms with E-state index in [0.29, 0.717) is 19.5 Å². The van der Waals surface area contributed by atoms with Crippen molar-refractivity contribution in [3.05, 3.63) is 28.2 Å². The zero-order valence-electron chi connectivity index (χ0n) is 17.1. The Balaban J connectivity index is 1.17. The third-order valence-corrected chi connectivity index (χ3v) is 7.25. The van der Waals surface area contributed by atoms with Crippen LogP contribution in [0.15, 0.2) is 22.5 Å². The minimum atomic E-state index is -0.0983. The zero-order valence-corrected chi connectivity index (χ0v) is 17.9. The summed E-state index contributed by atoms with van der Waals surface area (Å²) in [5, 5.41) is 9.83. The molecule has 3 aliphatic rings. The van der Waals surface area contributed by atoms with E-state index in [9.17, 15) is 9.59 Å². The van der Waals surface area contributed by atoms with Crippen LogP contribution < -0.4 is 10.6 Å². The maximum atomic E-state index is 12.7. The molecule has 1 aromatic rings. The normalized spacial score (nSPS) is 27.8. The Morgan fingerprint density at radius 1 is 1.21 bits per heavy atom. The lowest BCUT2D eigenvalue weighted by Crippen LogP contribution is -2.40. The van der Waals surface area contributed by atoms with Crippen molar-refractivity contribution in [3.8, 4) is 0 Å². The number of hydrogen-bond acceptors (Lipinski definition) is 5. The molecule has 2 heterocycles. The van der Waals surface area contributed by atoms with Gasteiger partial charge >= 0.3 is 0 Å². The highest BCUT2D eigenvalue weighted by Crippen LogP contribution is 2.52. The van der Waals surface area contributed by atoms with Gasteiger partial charge in [0, 0.05) is 38.5 Å². The SMILES string of the molecule is CCc1nc(CCNC(=NC)NCCCN2C(=O)C3C4C=CC(C4)C3C2=O)cs1. The number of allylic oxidation sites excluding steroid dienone is 2. The molecule has 0 spiro atoms. The average molecular weight is 416 g/mol. The molecule has 2 fully saturated rings. The van der Waals surface area contributed by atoms with Crippen molar-refractivity contribution in [1.29, 1.82) is 0 Å². The molecular formula is C21H29N5O2S. The van der Waals surface area contributed by atoms with Gasteiger partial charge in [0.05, 0.1) is 22.5 Å². The van der Waals surface area contributed by atoms with Gasteiger partial charge in [-0.2, -0.15) is 0 Å². The molecule has 0 radical (unpaired) electrons. The van der Waals surface area contributed by atoms with E-state index in [-0.39, 0.29) is 35.5 Å². The Bertz CT molecular complexity index is 803. The number of nitrogens with one attached hydrogen (secondary N) is 2. The summed E-state index contributed by atoms with van der Waals surface area (Å²) < 4.78 is 0. The van der Waals surface area contributed by atoms with Crippen molar-refractivity contribution in [3.63, 3.8) is 0 Å². The van der Waals surface area contributed by atoms with E-state index in [1.165, 1.54) is 9.91 Å². The summed E-state index contributed by atoms with van der Waals surface area (Å²) in [6.45, 7) is 4.01. The first kappa shape index (κ1) is 20.1. The van der Waals surface area contributed by atoms with Crippen LogP contribution in [0.25, 0.3) is 0 Å². The van der Waals surface area contributed by atoms with Gasteiger partial charge in [-0.05, 0) is 31.1 Å². The molecule has 1 aliphatic heterocycles. The number of guanidine groups is 1. The summed E-state index contributed by atoms with van der Waals surface area (Å²) in [6.07, 6.45) is 7.78. The number of aromatic nitrogens is 1. The van der Waals surface area contributed by atoms with Gasteiger partial charge in [-0.25, -0.2) is 4.98 Å². The molecule has 4 rings (SSSR count). The molecule has 4 atom stereocenters. The number of fused-ring (bicyclic) bond motifs is 5. The van der Waals surface area contributed by atoms with Gasteiger partial charge in [-0.15, -0.1) is 11.3 Å². The second-order valence-electron chi connectivity index (χ2n) is 7.94. The highest BCUT2D eigenvalue weighted by Gasteiger charge is 2.58. The Labute approximate surface area is 175 Å². The highest BCUT2D eigenvalue weighted by atomic mass is 32.1. The van der Waals surface area contributed by atoms with Gasteiger partial charge < -0.3 is 10.6 Å². The summed E-state index contributed by atoms with van der Waals surface area (Å²) in [5.74, 6) is 1.16. The Kier molecular flexibility index (Phi) is 5.99. The number of rotatable bonds is 8. The second kappa shape index (κ2) is 8.65. The fourth-order valence-electron chi connectivity index (χ4n) is 4.78. The van der Waals surface area contributed by atoms with Gasteiger partial charge in [0.2, 0.25) is 11.8 Å². The van der Waals surface area contributed by atoms with Gasteiger partial charge in [0.15, 0.2) is 5.96 Å². The number of amides is 2. The Morgan fingerprint density at radius 2 is 1.90 bits per heavy atom. The molecule has 2 aliphatic carbocycles. The van der Waals surface area contributed by atoms with Crippen molar-refractivity contribution in [1.82, 2.24) is 20.5 Å². The maximum Gasteiger partial charge on any atom is 0.233 e. The van der Waals surface area contributed by atoms with Crippen molar-refractivity contribution >= 4 is 29.1 Å². The van der Waals surface area contributed by atoms with Crippen LogP contribution in [0.2, 0.25) is 0 Å². The van der Waals surface area contributed by atoms with Crippen molar-refractivity contribution < 1.29 is 9.59 Å². The lowest BCUT2D eigenvalue weighted by Gasteiger charge is -2.18. The van der Waals surface area contributed by atoms with Crippen molar-refractivity contribution in [2.45, 2.75) is 32.6 Å². The van der Waals surface area contributed by atoms with E-state index in [1.807, 2.05) is 0 Å². The third-order valence-electron chi connectivity index (χ3n) is 6.21. The minimum Gasteiger partial charge on any atom is -0.356 e. The molecule has 2 amide bonds. The monoisotopic (exact) mass is 415 g/mol. The number of aryl methyl sites for hydroxylation is 1. The van der Waals surface area contributed by atoms with Gasteiger partial charge in [0.25, 0.3) is 0 Å². The number of imide groups is 1. The van der Waals surface area contributed by atoms with Crippen LogP contribution in [0.4, 0.5) is 0 Å². The Hall–Kier alpha value is -2.22. The smallest absolute Gasteiger partial charge is 0.233 e. The lowest BCUT2D eigenvalue weighted by molar-refractivity contribution is -0.140. The lowest BCUT2D eigenvalue weighted by atomic mass is 9.85. The average Bonchev–Trinajstić information content (AvgIpc) is 3.50. The molecule has 2 bridgehead atoms. The van der Waals surface area contributed by atoms with E-state index >= 15 is 0 Å². The van der Waals surface area contributed by atoms with Crippen LogP contribution in [0.5, 0.6) is 0 Å². The molecule has 1 aromatic heterocycles. The summed E-state index contributed by atoms with van der Waals surface area (Å²) in [5.41, 5.74) is 1.11. The molecule has 29 heavy (non-hydrogen) atoms. The number of hydrogen-bond donors (Lipinski definition) is 2. The van der Waals surface area contributed by atoms with Crippen LogP contribution in [-0.4, -0.2) is 54.3 Å². The minimum absolute atomic E-state index is 0.0362. The van der Waals surface area contributed by atoms with E-state index < -0.39 is 0 Å². The molecule has 8 heteroatoms. The predicted molar refractivity (Wildman–Crippen MR) is 114 cm³/mol. The van der Waals surface area contributed by atoms with Crippen LogP contribution in [0.1, 0.15) is 30.5 Å².